The van der Waals surface area contributed by atoms with E-state index in [-0.39, 0.29) is 11.9 Å². The van der Waals surface area contributed by atoms with E-state index in [9.17, 15) is 10.1 Å². The Balaban J connectivity index is 2.40. The van der Waals surface area contributed by atoms with E-state index < -0.39 is 0 Å². The van der Waals surface area contributed by atoms with Gasteiger partial charge in [0.15, 0.2) is 0 Å². The van der Waals surface area contributed by atoms with Gasteiger partial charge in [-0.15, -0.1) is 0 Å². The smallest absolute Gasteiger partial charge is 0.244 e. The molecule has 100 valence electrons. The van der Waals surface area contributed by atoms with Gasteiger partial charge in [0, 0.05) is 13.6 Å². The number of benzene rings is 1. The van der Waals surface area contributed by atoms with Crippen LogP contribution in [-0.4, -0.2) is 38.8 Å². The number of amides is 1. The summed E-state index contributed by atoms with van der Waals surface area (Å²) in [6.07, 6.45) is 0. The van der Waals surface area contributed by atoms with E-state index in [1.165, 1.54) is 0 Å². The molecular weight excluding hydrogens is 242 g/mol. The van der Waals surface area contributed by atoms with Crippen LogP contribution in [0.5, 0.6) is 0 Å². The number of hydrogen-bond acceptors (Lipinski definition) is 4. The molecule has 0 spiro atoms. The highest BCUT2D eigenvalue weighted by molar-refractivity contribution is 5.86. The van der Waals surface area contributed by atoms with Crippen molar-refractivity contribution in [3.8, 4) is 6.07 Å². The molecule has 19 heavy (non-hydrogen) atoms. The zero-order valence-corrected chi connectivity index (χ0v) is 11.1. The van der Waals surface area contributed by atoms with Gasteiger partial charge in [-0.2, -0.15) is 5.26 Å². The van der Waals surface area contributed by atoms with Crippen molar-refractivity contribution < 1.29 is 9.53 Å². The van der Waals surface area contributed by atoms with E-state index in [1.54, 1.807) is 13.1 Å². The van der Waals surface area contributed by atoms with Crippen LogP contribution in [0.25, 0.3) is 0 Å². The number of ether oxygens (including phenoxy) is 1. The van der Waals surface area contributed by atoms with Gasteiger partial charge in [-0.25, -0.2) is 0 Å². The van der Waals surface area contributed by atoms with E-state index >= 15 is 0 Å². The molecule has 0 bridgehead atoms. The fourth-order valence-corrected chi connectivity index (χ4v) is 2.25. The van der Waals surface area contributed by atoms with Gasteiger partial charge < -0.3 is 15.0 Å². The van der Waals surface area contributed by atoms with Crippen molar-refractivity contribution in [1.29, 1.82) is 5.26 Å². The molecule has 0 saturated carbocycles. The lowest BCUT2D eigenvalue weighted by Crippen LogP contribution is -2.53. The number of nitriles is 1. The van der Waals surface area contributed by atoms with Gasteiger partial charge in [0.1, 0.15) is 12.1 Å². The molecule has 5 heteroatoms. The maximum absolute atomic E-state index is 11.9. The van der Waals surface area contributed by atoms with Crippen molar-refractivity contribution in [2.24, 2.45) is 0 Å². The van der Waals surface area contributed by atoms with Crippen molar-refractivity contribution in [3.63, 3.8) is 0 Å². The Bertz CT molecular complexity index is 522. The minimum Gasteiger partial charge on any atom is -0.377 e. The molecule has 1 aliphatic heterocycles. The highest BCUT2D eigenvalue weighted by atomic mass is 16.5. The van der Waals surface area contributed by atoms with E-state index in [1.807, 2.05) is 24.0 Å². The first-order valence-electron chi connectivity index (χ1n) is 6.24. The summed E-state index contributed by atoms with van der Waals surface area (Å²) in [7, 11) is 1.61. The number of morpholine rings is 1. The van der Waals surface area contributed by atoms with Crippen LogP contribution < -0.4 is 10.2 Å². The second-order valence-corrected chi connectivity index (χ2v) is 4.53. The van der Waals surface area contributed by atoms with Gasteiger partial charge in [-0.05, 0) is 24.6 Å². The quantitative estimate of drug-likeness (QED) is 0.854. The summed E-state index contributed by atoms with van der Waals surface area (Å²) in [5, 5.41) is 11.9. The highest BCUT2D eigenvalue weighted by Crippen LogP contribution is 2.25. The largest absolute Gasteiger partial charge is 0.377 e. The highest BCUT2D eigenvalue weighted by Gasteiger charge is 2.30. The van der Waals surface area contributed by atoms with Crippen LogP contribution in [0, 0.1) is 18.3 Å². The van der Waals surface area contributed by atoms with Crippen LogP contribution in [0.15, 0.2) is 18.2 Å². The molecule has 5 nitrogen and oxygen atoms in total. The molecule has 1 fully saturated rings. The van der Waals surface area contributed by atoms with Crippen LogP contribution >= 0.6 is 0 Å². The summed E-state index contributed by atoms with van der Waals surface area (Å²) in [6, 6.07) is 7.44. The molecular formula is C14H17N3O2. The van der Waals surface area contributed by atoms with Gasteiger partial charge >= 0.3 is 0 Å². The van der Waals surface area contributed by atoms with Gasteiger partial charge in [0.25, 0.3) is 0 Å². The molecule has 1 unspecified atom stereocenters. The Kier molecular flexibility index (Phi) is 4.03. The van der Waals surface area contributed by atoms with Crippen LogP contribution in [0.1, 0.15) is 11.1 Å². The Morgan fingerprint density at radius 3 is 3.05 bits per heavy atom. The fraction of sp³-hybridized carbons (Fsp3) is 0.429. The van der Waals surface area contributed by atoms with Gasteiger partial charge in [0.2, 0.25) is 5.91 Å². The summed E-state index contributed by atoms with van der Waals surface area (Å²) >= 11 is 0. The zero-order chi connectivity index (χ0) is 13.8. The molecule has 1 aromatic carbocycles. The minimum atomic E-state index is -0.382. The molecule has 0 aliphatic carbocycles. The molecule has 1 saturated heterocycles. The first-order chi connectivity index (χ1) is 9.17. The maximum atomic E-state index is 11.9. The molecule has 1 amide bonds. The molecule has 1 N–H and O–H groups in total. The number of aryl methyl sites for hydroxylation is 1. The topological polar surface area (TPSA) is 65.4 Å². The Morgan fingerprint density at radius 2 is 2.37 bits per heavy atom. The van der Waals surface area contributed by atoms with E-state index in [0.717, 1.165) is 11.3 Å². The average molecular weight is 259 g/mol. The fourth-order valence-electron chi connectivity index (χ4n) is 2.25. The predicted octanol–water partition coefficient (Wildman–Crippen LogP) is 0.818. The zero-order valence-electron chi connectivity index (χ0n) is 11.1. The number of likely N-dealkylation sites (N-methyl/N-ethyl adjacent to an activating group) is 1. The van der Waals surface area contributed by atoms with Gasteiger partial charge in [-0.3, -0.25) is 4.79 Å². The monoisotopic (exact) mass is 259 g/mol. The Hall–Kier alpha value is -2.06. The first-order valence-corrected chi connectivity index (χ1v) is 6.24. The average Bonchev–Trinajstić information content (AvgIpc) is 2.46. The molecule has 0 aromatic heterocycles. The number of rotatable bonds is 2. The van der Waals surface area contributed by atoms with Crippen molar-refractivity contribution in [2.75, 3.05) is 31.7 Å². The Labute approximate surface area is 112 Å². The van der Waals surface area contributed by atoms with E-state index in [2.05, 4.69) is 11.4 Å². The number of carbonyl (C=O) groups is 1. The summed E-state index contributed by atoms with van der Waals surface area (Å²) in [5.74, 6) is -0.0925. The van der Waals surface area contributed by atoms with Crippen molar-refractivity contribution in [2.45, 2.75) is 13.0 Å². The second-order valence-electron chi connectivity index (χ2n) is 4.53. The van der Waals surface area contributed by atoms with E-state index in [4.69, 9.17) is 4.74 Å². The van der Waals surface area contributed by atoms with Crippen LogP contribution in [-0.2, 0) is 9.53 Å². The lowest BCUT2D eigenvalue weighted by Gasteiger charge is -2.36. The number of carbonyl (C=O) groups excluding carboxylic acids is 1. The minimum absolute atomic E-state index is 0.0925. The number of anilines is 1. The SMILES string of the molecule is CNC(=O)C1COCCN1c1cc(C)ccc1C#N. The number of nitrogens with one attached hydrogen (secondary N) is 1. The molecule has 1 heterocycles. The predicted molar refractivity (Wildman–Crippen MR) is 71.9 cm³/mol. The third-order valence-corrected chi connectivity index (χ3v) is 3.26. The lowest BCUT2D eigenvalue weighted by molar-refractivity contribution is -0.124. The number of hydrogen-bond donors (Lipinski definition) is 1. The maximum Gasteiger partial charge on any atom is 0.244 e. The van der Waals surface area contributed by atoms with Crippen LogP contribution in [0.3, 0.4) is 0 Å². The molecule has 1 aliphatic rings. The normalized spacial score (nSPS) is 18.8. The van der Waals surface area contributed by atoms with Crippen molar-refractivity contribution in [1.82, 2.24) is 5.32 Å². The van der Waals surface area contributed by atoms with Crippen LogP contribution in [0.4, 0.5) is 5.69 Å². The second kappa shape index (κ2) is 5.72. The summed E-state index contributed by atoms with van der Waals surface area (Å²) in [5.41, 5.74) is 2.46. The van der Waals surface area contributed by atoms with Crippen molar-refractivity contribution in [3.05, 3.63) is 29.3 Å². The molecule has 1 atom stereocenters. The first kappa shape index (κ1) is 13.4. The number of nitrogens with zero attached hydrogens (tertiary/aromatic N) is 2. The van der Waals surface area contributed by atoms with E-state index in [0.29, 0.717) is 25.3 Å². The third kappa shape index (κ3) is 2.69. The summed E-state index contributed by atoms with van der Waals surface area (Å²) in [6.45, 7) is 3.49. The molecule has 0 radical (unpaired) electrons. The van der Waals surface area contributed by atoms with Gasteiger partial charge in [0.05, 0.1) is 24.5 Å². The standard InChI is InChI=1S/C14H17N3O2/c1-10-3-4-11(8-15)12(7-10)17-5-6-19-9-13(17)14(18)16-2/h3-4,7,13H,5-6,9H2,1-2H3,(H,16,18). The van der Waals surface area contributed by atoms with Crippen LogP contribution in [0.2, 0.25) is 0 Å². The molecule has 1 aromatic rings. The lowest BCUT2D eigenvalue weighted by atomic mass is 10.1. The van der Waals surface area contributed by atoms with Gasteiger partial charge in [-0.1, -0.05) is 6.07 Å². The van der Waals surface area contributed by atoms with Crippen molar-refractivity contribution >= 4 is 11.6 Å². The summed E-state index contributed by atoms with van der Waals surface area (Å²) in [4.78, 5) is 13.9. The molecule has 2 rings (SSSR count). The third-order valence-electron chi connectivity index (χ3n) is 3.26. The summed E-state index contributed by atoms with van der Waals surface area (Å²) < 4.78 is 5.38. The Morgan fingerprint density at radius 1 is 1.58 bits per heavy atom.